The zero-order valence-electron chi connectivity index (χ0n) is 12.9. The van der Waals surface area contributed by atoms with Crippen molar-refractivity contribution in [2.45, 2.75) is 77.1 Å². The maximum absolute atomic E-state index is 6.53. The van der Waals surface area contributed by atoms with E-state index < -0.39 is 8.32 Å². The standard InChI is InChI=1S/C15H30O2Si/c1-12(2)18(13(3)4,14(5)6)17-11-15-9-7-8-10-16-15/h8,10,12-15H,7,9,11H2,1-6H3/t15-/m1/s1. The van der Waals surface area contributed by atoms with Gasteiger partial charge in [-0.2, -0.15) is 0 Å². The fourth-order valence-electron chi connectivity index (χ4n) is 3.44. The molecule has 0 aromatic heterocycles. The van der Waals surface area contributed by atoms with E-state index in [0.29, 0.717) is 16.6 Å². The van der Waals surface area contributed by atoms with Gasteiger partial charge in [-0.1, -0.05) is 41.5 Å². The molecule has 0 fully saturated rings. The van der Waals surface area contributed by atoms with Crippen LogP contribution in [0.15, 0.2) is 12.3 Å². The summed E-state index contributed by atoms with van der Waals surface area (Å²) in [4.78, 5) is 0. The van der Waals surface area contributed by atoms with E-state index in [-0.39, 0.29) is 6.10 Å². The Morgan fingerprint density at radius 2 is 1.67 bits per heavy atom. The molecule has 0 radical (unpaired) electrons. The van der Waals surface area contributed by atoms with Gasteiger partial charge in [0.1, 0.15) is 6.10 Å². The lowest BCUT2D eigenvalue weighted by Crippen LogP contribution is -2.49. The van der Waals surface area contributed by atoms with Crippen LogP contribution in [0.25, 0.3) is 0 Å². The summed E-state index contributed by atoms with van der Waals surface area (Å²) in [6, 6.07) is 0. The predicted octanol–water partition coefficient (Wildman–Crippen LogP) is 4.87. The van der Waals surface area contributed by atoms with E-state index in [4.69, 9.17) is 9.16 Å². The third-order valence-corrected chi connectivity index (χ3v) is 10.3. The van der Waals surface area contributed by atoms with Gasteiger partial charge in [0.2, 0.25) is 8.32 Å². The van der Waals surface area contributed by atoms with E-state index in [1.165, 1.54) is 0 Å². The predicted molar refractivity (Wildman–Crippen MR) is 80.2 cm³/mol. The lowest BCUT2D eigenvalue weighted by Gasteiger charge is -2.43. The van der Waals surface area contributed by atoms with Crippen molar-refractivity contribution in [2.75, 3.05) is 6.61 Å². The molecule has 0 aromatic rings. The average Bonchev–Trinajstić information content (AvgIpc) is 2.29. The fourth-order valence-corrected chi connectivity index (χ4v) is 8.92. The van der Waals surface area contributed by atoms with Gasteiger partial charge in [-0.15, -0.1) is 0 Å². The molecule has 1 aliphatic rings. The highest BCUT2D eigenvalue weighted by molar-refractivity contribution is 6.77. The molecular formula is C15H30O2Si. The molecule has 0 unspecified atom stereocenters. The minimum Gasteiger partial charge on any atom is -0.496 e. The van der Waals surface area contributed by atoms with Crippen LogP contribution in [0.1, 0.15) is 54.4 Å². The first-order valence-corrected chi connectivity index (χ1v) is 9.49. The molecule has 0 saturated heterocycles. The molecule has 0 aromatic carbocycles. The number of hydrogen-bond acceptors (Lipinski definition) is 2. The SMILES string of the molecule is CC(C)[Si](OC[C@H]1CCC=CO1)(C(C)C)C(C)C. The summed E-state index contributed by atoms with van der Waals surface area (Å²) in [5.41, 5.74) is 1.95. The number of rotatable bonds is 6. The van der Waals surface area contributed by atoms with Crippen molar-refractivity contribution >= 4 is 8.32 Å². The Kier molecular flexibility index (Phi) is 5.92. The van der Waals surface area contributed by atoms with Crippen LogP contribution >= 0.6 is 0 Å². The van der Waals surface area contributed by atoms with Crippen LogP contribution in [0.4, 0.5) is 0 Å². The Hall–Kier alpha value is -0.283. The van der Waals surface area contributed by atoms with Crippen molar-refractivity contribution < 1.29 is 9.16 Å². The summed E-state index contributed by atoms with van der Waals surface area (Å²) in [5.74, 6) is 0. The highest BCUT2D eigenvalue weighted by atomic mass is 28.4. The highest BCUT2D eigenvalue weighted by Gasteiger charge is 2.45. The third-order valence-electron chi connectivity index (χ3n) is 4.25. The van der Waals surface area contributed by atoms with E-state index in [1.807, 2.05) is 6.26 Å². The van der Waals surface area contributed by atoms with E-state index in [1.54, 1.807) is 0 Å². The van der Waals surface area contributed by atoms with E-state index in [0.717, 1.165) is 19.4 Å². The number of allylic oxidation sites excluding steroid dienone is 1. The lowest BCUT2D eigenvalue weighted by molar-refractivity contribution is 0.0658. The van der Waals surface area contributed by atoms with Gasteiger partial charge in [0.15, 0.2) is 0 Å². The summed E-state index contributed by atoms with van der Waals surface area (Å²) in [6.45, 7) is 14.7. The molecule has 0 amide bonds. The first kappa shape index (κ1) is 15.8. The van der Waals surface area contributed by atoms with Crippen molar-refractivity contribution in [2.24, 2.45) is 0 Å². The molecule has 0 spiro atoms. The molecule has 1 atom stereocenters. The van der Waals surface area contributed by atoms with Gasteiger partial charge < -0.3 is 9.16 Å². The Bertz CT molecular complexity index is 250. The monoisotopic (exact) mass is 270 g/mol. The second-order valence-electron chi connectivity index (χ2n) is 6.34. The van der Waals surface area contributed by atoms with Gasteiger partial charge >= 0.3 is 0 Å². The second-order valence-corrected chi connectivity index (χ2v) is 11.8. The van der Waals surface area contributed by atoms with Gasteiger partial charge in [0, 0.05) is 0 Å². The van der Waals surface area contributed by atoms with Crippen molar-refractivity contribution in [3.8, 4) is 0 Å². The molecular weight excluding hydrogens is 240 g/mol. The van der Waals surface area contributed by atoms with Crippen molar-refractivity contribution in [3.05, 3.63) is 12.3 Å². The fraction of sp³-hybridized carbons (Fsp3) is 0.867. The van der Waals surface area contributed by atoms with E-state index >= 15 is 0 Å². The first-order valence-electron chi connectivity index (χ1n) is 7.35. The molecule has 0 N–H and O–H groups in total. The zero-order chi connectivity index (χ0) is 13.8. The highest BCUT2D eigenvalue weighted by Crippen LogP contribution is 2.42. The molecule has 2 nitrogen and oxygen atoms in total. The van der Waals surface area contributed by atoms with Crippen LogP contribution in [0.2, 0.25) is 16.6 Å². The third kappa shape index (κ3) is 3.38. The molecule has 18 heavy (non-hydrogen) atoms. The van der Waals surface area contributed by atoms with Crippen LogP contribution in [0, 0.1) is 0 Å². The van der Waals surface area contributed by atoms with E-state index in [9.17, 15) is 0 Å². The van der Waals surface area contributed by atoms with Gasteiger partial charge in [0.25, 0.3) is 0 Å². The maximum atomic E-state index is 6.53. The van der Waals surface area contributed by atoms with Gasteiger partial charge in [-0.25, -0.2) is 0 Å². The first-order chi connectivity index (χ1) is 8.41. The quantitative estimate of drug-likeness (QED) is 0.641. The van der Waals surface area contributed by atoms with Gasteiger partial charge in [-0.05, 0) is 35.5 Å². The molecule has 3 heteroatoms. The van der Waals surface area contributed by atoms with Crippen molar-refractivity contribution in [3.63, 3.8) is 0 Å². The molecule has 0 aliphatic carbocycles. The summed E-state index contributed by atoms with van der Waals surface area (Å²) in [6.07, 6.45) is 6.40. The Labute approximate surface area is 114 Å². The summed E-state index contributed by atoms with van der Waals surface area (Å²) >= 11 is 0. The van der Waals surface area contributed by atoms with Crippen LogP contribution in [-0.2, 0) is 9.16 Å². The summed E-state index contributed by atoms with van der Waals surface area (Å²) in [5, 5.41) is 0. The second kappa shape index (κ2) is 6.76. The largest absolute Gasteiger partial charge is 0.496 e. The average molecular weight is 270 g/mol. The van der Waals surface area contributed by atoms with Crippen LogP contribution in [-0.4, -0.2) is 21.0 Å². The molecule has 0 saturated carbocycles. The summed E-state index contributed by atoms with van der Waals surface area (Å²) < 4.78 is 12.2. The molecule has 1 heterocycles. The van der Waals surface area contributed by atoms with Crippen LogP contribution in [0.5, 0.6) is 0 Å². The topological polar surface area (TPSA) is 18.5 Å². The normalized spacial score (nSPS) is 20.8. The minimum atomic E-state index is -1.72. The Balaban J connectivity index is 2.69. The molecule has 1 rings (SSSR count). The molecule has 0 bridgehead atoms. The van der Waals surface area contributed by atoms with Gasteiger partial charge in [-0.3, -0.25) is 0 Å². The number of ether oxygens (including phenoxy) is 1. The maximum Gasteiger partial charge on any atom is 0.200 e. The number of hydrogen-bond donors (Lipinski definition) is 0. The van der Waals surface area contributed by atoms with Crippen LogP contribution in [0.3, 0.4) is 0 Å². The van der Waals surface area contributed by atoms with Gasteiger partial charge in [0.05, 0.1) is 12.9 Å². The Morgan fingerprint density at radius 1 is 1.11 bits per heavy atom. The summed E-state index contributed by atoms with van der Waals surface area (Å²) in [7, 11) is -1.72. The van der Waals surface area contributed by atoms with Crippen molar-refractivity contribution in [1.29, 1.82) is 0 Å². The van der Waals surface area contributed by atoms with Crippen molar-refractivity contribution in [1.82, 2.24) is 0 Å². The Morgan fingerprint density at radius 3 is 2.06 bits per heavy atom. The lowest BCUT2D eigenvalue weighted by atomic mass is 10.2. The van der Waals surface area contributed by atoms with Crippen LogP contribution < -0.4 is 0 Å². The molecule has 1 aliphatic heterocycles. The smallest absolute Gasteiger partial charge is 0.200 e. The minimum absolute atomic E-state index is 0.262. The van der Waals surface area contributed by atoms with E-state index in [2.05, 4.69) is 47.6 Å². The molecule has 106 valence electrons. The zero-order valence-corrected chi connectivity index (χ0v) is 13.9.